The number of unbranched alkanes of at least 4 members (excludes halogenated alkanes) is 1. The zero-order chi connectivity index (χ0) is 12.6. The summed E-state index contributed by atoms with van der Waals surface area (Å²) in [7, 11) is -2.21. The van der Waals surface area contributed by atoms with Gasteiger partial charge in [-0.15, -0.1) is 0 Å². The van der Waals surface area contributed by atoms with Gasteiger partial charge in [0.05, 0.1) is 12.9 Å². The van der Waals surface area contributed by atoms with Gasteiger partial charge in [0.1, 0.15) is 6.04 Å². The van der Waals surface area contributed by atoms with E-state index in [1.165, 1.54) is 7.11 Å². The van der Waals surface area contributed by atoms with E-state index in [1.807, 2.05) is 6.92 Å². The number of carbonyl (C=O) groups excluding carboxylic acids is 1. The van der Waals surface area contributed by atoms with Crippen LogP contribution in [0.15, 0.2) is 0 Å². The first-order valence-electron chi connectivity index (χ1n) is 5.24. The normalized spacial score (nSPS) is 13.4. The van der Waals surface area contributed by atoms with Crippen LogP contribution in [0.3, 0.4) is 0 Å². The Hall–Kier alpha value is -0.660. The summed E-state index contributed by atoms with van der Waals surface area (Å²) in [4.78, 5) is 11.2. The number of hydrogen-bond acceptors (Lipinski definition) is 5. The quantitative estimate of drug-likeness (QED) is 0.572. The zero-order valence-corrected chi connectivity index (χ0v) is 10.5. The average Bonchev–Trinajstić information content (AvgIpc) is 2.24. The Labute approximate surface area is 96.6 Å². The van der Waals surface area contributed by atoms with Crippen molar-refractivity contribution in [2.75, 3.05) is 19.4 Å². The third-order valence-corrected chi connectivity index (χ3v) is 3.50. The van der Waals surface area contributed by atoms with E-state index in [1.54, 1.807) is 0 Å². The summed E-state index contributed by atoms with van der Waals surface area (Å²) in [5, 5.41) is 0. The van der Waals surface area contributed by atoms with Gasteiger partial charge in [-0.1, -0.05) is 13.3 Å². The van der Waals surface area contributed by atoms with Crippen LogP contribution in [0.25, 0.3) is 0 Å². The molecule has 0 saturated carbocycles. The molecule has 0 spiro atoms. The van der Waals surface area contributed by atoms with Crippen LogP contribution in [-0.4, -0.2) is 39.8 Å². The lowest BCUT2D eigenvalue weighted by Crippen LogP contribution is -2.43. The molecule has 0 aromatic carbocycles. The fourth-order valence-corrected chi connectivity index (χ4v) is 2.58. The molecule has 0 fully saturated rings. The Bertz CT molecular complexity index is 303. The minimum Gasteiger partial charge on any atom is -0.468 e. The van der Waals surface area contributed by atoms with Crippen LogP contribution < -0.4 is 10.5 Å². The molecule has 0 heterocycles. The Morgan fingerprint density at radius 2 is 2.12 bits per heavy atom. The SMILES string of the molecule is CCCCS(=O)(=O)NC(CCN)C(=O)OC. The molecule has 0 rings (SSSR count). The van der Waals surface area contributed by atoms with Crippen LogP contribution in [0.1, 0.15) is 26.2 Å². The summed E-state index contributed by atoms with van der Waals surface area (Å²) in [6, 6.07) is -0.878. The number of carbonyl (C=O) groups is 1. The minimum atomic E-state index is -3.43. The standard InChI is InChI=1S/C9H20N2O4S/c1-3-4-7-16(13,14)11-8(5-6-10)9(12)15-2/h8,11H,3-7,10H2,1-2H3. The maximum atomic E-state index is 11.5. The molecule has 0 radical (unpaired) electrons. The van der Waals surface area contributed by atoms with Gasteiger partial charge in [0, 0.05) is 0 Å². The first kappa shape index (κ1) is 15.3. The van der Waals surface area contributed by atoms with Crippen molar-refractivity contribution in [1.82, 2.24) is 4.72 Å². The molecule has 96 valence electrons. The van der Waals surface area contributed by atoms with E-state index < -0.39 is 22.0 Å². The summed E-state index contributed by atoms with van der Waals surface area (Å²) in [6.07, 6.45) is 1.57. The third-order valence-electron chi connectivity index (χ3n) is 2.03. The number of rotatable bonds is 8. The third kappa shape index (κ3) is 6.04. The lowest BCUT2D eigenvalue weighted by Gasteiger charge is -2.15. The molecule has 0 aliphatic heterocycles. The molecule has 16 heavy (non-hydrogen) atoms. The second-order valence-corrected chi connectivity index (χ2v) is 5.32. The van der Waals surface area contributed by atoms with Crippen molar-refractivity contribution >= 4 is 16.0 Å². The summed E-state index contributed by atoms with van der Waals surface area (Å²) in [5.41, 5.74) is 5.30. The molecule has 0 aliphatic carbocycles. The number of nitrogens with two attached hydrogens (primary N) is 1. The number of ether oxygens (including phenoxy) is 1. The van der Waals surface area contributed by atoms with E-state index in [0.717, 1.165) is 6.42 Å². The zero-order valence-electron chi connectivity index (χ0n) is 9.73. The Morgan fingerprint density at radius 3 is 2.56 bits per heavy atom. The van der Waals surface area contributed by atoms with Crippen molar-refractivity contribution in [3.05, 3.63) is 0 Å². The molecule has 3 N–H and O–H groups in total. The van der Waals surface area contributed by atoms with E-state index in [0.29, 0.717) is 6.42 Å². The molecule has 6 nitrogen and oxygen atoms in total. The minimum absolute atomic E-state index is 0.0154. The Balaban J connectivity index is 4.43. The van der Waals surface area contributed by atoms with Crippen LogP contribution in [0, 0.1) is 0 Å². The predicted octanol–water partition coefficient (Wildman–Crippen LogP) is -0.404. The van der Waals surface area contributed by atoms with Gasteiger partial charge in [-0.05, 0) is 19.4 Å². The van der Waals surface area contributed by atoms with E-state index in [-0.39, 0.29) is 18.7 Å². The molecule has 0 bridgehead atoms. The highest BCUT2D eigenvalue weighted by Crippen LogP contribution is 2.00. The number of hydrogen-bond donors (Lipinski definition) is 2. The molecule has 0 aliphatic rings. The second-order valence-electron chi connectivity index (χ2n) is 3.44. The molecule has 1 unspecified atom stereocenters. The smallest absolute Gasteiger partial charge is 0.323 e. The van der Waals surface area contributed by atoms with Gasteiger partial charge in [-0.3, -0.25) is 4.79 Å². The van der Waals surface area contributed by atoms with Crippen molar-refractivity contribution in [2.45, 2.75) is 32.2 Å². The van der Waals surface area contributed by atoms with Crippen LogP contribution in [-0.2, 0) is 19.6 Å². The molecule has 1 atom stereocenters. The molecular formula is C9H20N2O4S. The van der Waals surface area contributed by atoms with Crippen LogP contribution in [0.5, 0.6) is 0 Å². The monoisotopic (exact) mass is 252 g/mol. The van der Waals surface area contributed by atoms with Gasteiger partial charge in [-0.25, -0.2) is 13.1 Å². The van der Waals surface area contributed by atoms with E-state index in [2.05, 4.69) is 9.46 Å². The summed E-state index contributed by atoms with van der Waals surface area (Å²) in [6.45, 7) is 2.11. The highest BCUT2D eigenvalue weighted by molar-refractivity contribution is 7.89. The Kier molecular flexibility index (Phi) is 7.27. The van der Waals surface area contributed by atoms with Crippen LogP contribution in [0.4, 0.5) is 0 Å². The number of methoxy groups -OCH3 is 1. The molecule has 0 aromatic heterocycles. The summed E-state index contributed by atoms with van der Waals surface area (Å²) >= 11 is 0. The first-order chi connectivity index (χ1) is 7.46. The Morgan fingerprint density at radius 1 is 1.50 bits per heavy atom. The first-order valence-corrected chi connectivity index (χ1v) is 6.90. The van der Waals surface area contributed by atoms with Gasteiger partial charge in [-0.2, -0.15) is 0 Å². The number of esters is 1. The predicted molar refractivity (Wildman–Crippen MR) is 61.3 cm³/mol. The fraction of sp³-hybridized carbons (Fsp3) is 0.889. The number of nitrogens with one attached hydrogen (secondary N) is 1. The lowest BCUT2D eigenvalue weighted by molar-refractivity contribution is -0.142. The molecule has 0 amide bonds. The topological polar surface area (TPSA) is 98.5 Å². The molecule has 0 aromatic rings. The molecular weight excluding hydrogens is 232 g/mol. The van der Waals surface area contributed by atoms with Gasteiger partial charge in [0.25, 0.3) is 0 Å². The van der Waals surface area contributed by atoms with Crippen molar-refractivity contribution in [3.8, 4) is 0 Å². The van der Waals surface area contributed by atoms with E-state index in [4.69, 9.17) is 5.73 Å². The fourth-order valence-electron chi connectivity index (χ4n) is 1.14. The van der Waals surface area contributed by atoms with E-state index in [9.17, 15) is 13.2 Å². The van der Waals surface area contributed by atoms with Crippen LogP contribution in [0.2, 0.25) is 0 Å². The van der Waals surface area contributed by atoms with Gasteiger partial charge >= 0.3 is 5.97 Å². The van der Waals surface area contributed by atoms with Gasteiger partial charge in [0.15, 0.2) is 0 Å². The van der Waals surface area contributed by atoms with Crippen LogP contribution >= 0.6 is 0 Å². The van der Waals surface area contributed by atoms with E-state index >= 15 is 0 Å². The molecule has 0 saturated heterocycles. The van der Waals surface area contributed by atoms with Crippen molar-refractivity contribution in [1.29, 1.82) is 0 Å². The highest BCUT2D eigenvalue weighted by atomic mass is 32.2. The number of sulfonamides is 1. The second kappa shape index (κ2) is 7.59. The largest absolute Gasteiger partial charge is 0.468 e. The maximum Gasteiger partial charge on any atom is 0.323 e. The van der Waals surface area contributed by atoms with Crippen molar-refractivity contribution in [2.24, 2.45) is 5.73 Å². The summed E-state index contributed by atoms with van der Waals surface area (Å²) in [5.74, 6) is -0.591. The van der Waals surface area contributed by atoms with Gasteiger partial charge < -0.3 is 10.5 Å². The van der Waals surface area contributed by atoms with Gasteiger partial charge in [0.2, 0.25) is 10.0 Å². The van der Waals surface area contributed by atoms with Crippen molar-refractivity contribution in [3.63, 3.8) is 0 Å². The molecule has 7 heteroatoms. The lowest BCUT2D eigenvalue weighted by atomic mass is 10.2. The van der Waals surface area contributed by atoms with Crippen molar-refractivity contribution < 1.29 is 17.9 Å². The average molecular weight is 252 g/mol. The highest BCUT2D eigenvalue weighted by Gasteiger charge is 2.23. The maximum absolute atomic E-state index is 11.5. The summed E-state index contributed by atoms with van der Waals surface area (Å²) < 4.78 is 29.9.